The minimum Gasteiger partial charge on any atom is -0.359 e. The summed E-state index contributed by atoms with van der Waals surface area (Å²) in [5.74, 6) is 1.27. The van der Waals surface area contributed by atoms with Crippen LogP contribution in [0.1, 0.15) is 29.1 Å². The molecule has 3 heterocycles. The highest BCUT2D eigenvalue weighted by Gasteiger charge is 2.24. The van der Waals surface area contributed by atoms with Gasteiger partial charge in [-0.05, 0) is 12.8 Å². The van der Waals surface area contributed by atoms with Gasteiger partial charge in [-0.15, -0.1) is 0 Å². The molecule has 0 atom stereocenters. The Morgan fingerprint density at radius 3 is 2.86 bits per heavy atom. The van der Waals surface area contributed by atoms with Crippen LogP contribution in [0, 0.1) is 0 Å². The highest BCUT2D eigenvalue weighted by atomic mass is 16.5. The van der Waals surface area contributed by atoms with Gasteiger partial charge in [0.2, 0.25) is 5.95 Å². The zero-order chi connectivity index (χ0) is 15.5. The monoisotopic (exact) mass is 304 g/mol. The van der Waals surface area contributed by atoms with E-state index in [0.29, 0.717) is 5.76 Å². The molecule has 1 saturated heterocycles. The Morgan fingerprint density at radius 2 is 2.27 bits per heavy atom. The van der Waals surface area contributed by atoms with Gasteiger partial charge in [-0.2, -0.15) is 0 Å². The molecule has 1 fully saturated rings. The number of nitrogens with zero attached hydrogens (tertiary/aromatic N) is 4. The first kappa shape index (κ1) is 14.6. The number of carbonyl (C=O) groups excluding carboxylic acids is 1. The summed E-state index contributed by atoms with van der Waals surface area (Å²) in [6.07, 6.45) is 5.48. The van der Waals surface area contributed by atoms with Crippen LogP contribution in [-0.2, 0) is 13.6 Å². The molecule has 2 aromatic rings. The van der Waals surface area contributed by atoms with Crippen LogP contribution in [0.4, 0.5) is 5.95 Å². The van der Waals surface area contributed by atoms with E-state index in [1.54, 1.807) is 12.3 Å². The van der Waals surface area contributed by atoms with Crippen molar-refractivity contribution in [2.75, 3.05) is 18.0 Å². The molecule has 3 N–H and O–H groups in total. The molecule has 118 valence electrons. The molecular formula is C14H20N6O2. The Morgan fingerprint density at radius 1 is 1.50 bits per heavy atom. The molecule has 8 nitrogen and oxygen atoms in total. The van der Waals surface area contributed by atoms with Crippen molar-refractivity contribution >= 4 is 11.9 Å². The van der Waals surface area contributed by atoms with E-state index in [4.69, 9.17) is 10.3 Å². The summed E-state index contributed by atoms with van der Waals surface area (Å²) < 4.78 is 6.95. The first-order valence-electron chi connectivity index (χ1n) is 7.36. The zero-order valence-corrected chi connectivity index (χ0v) is 12.5. The van der Waals surface area contributed by atoms with Crippen molar-refractivity contribution in [3.8, 4) is 0 Å². The summed E-state index contributed by atoms with van der Waals surface area (Å²) in [5.41, 5.74) is 5.73. The third-order valence-corrected chi connectivity index (χ3v) is 3.90. The SMILES string of the molecule is Cn1ccnc1N1CCC(NC(=O)c2cc(CN)on2)CC1. The third-order valence-electron chi connectivity index (χ3n) is 3.90. The second-order valence-electron chi connectivity index (χ2n) is 5.46. The van der Waals surface area contributed by atoms with Gasteiger partial charge in [0.1, 0.15) is 0 Å². The normalized spacial score (nSPS) is 16.0. The predicted molar refractivity (Wildman–Crippen MR) is 80.3 cm³/mol. The highest BCUT2D eigenvalue weighted by Crippen LogP contribution is 2.17. The smallest absolute Gasteiger partial charge is 0.273 e. The summed E-state index contributed by atoms with van der Waals surface area (Å²) in [6.45, 7) is 1.97. The molecule has 0 bridgehead atoms. The Balaban J connectivity index is 1.53. The fourth-order valence-electron chi connectivity index (χ4n) is 2.66. The number of hydrogen-bond donors (Lipinski definition) is 2. The Hall–Kier alpha value is -2.35. The van der Waals surface area contributed by atoms with Crippen LogP contribution in [0.15, 0.2) is 23.0 Å². The van der Waals surface area contributed by atoms with Gasteiger partial charge in [0, 0.05) is 44.6 Å². The van der Waals surface area contributed by atoms with Crippen molar-refractivity contribution in [3.63, 3.8) is 0 Å². The molecule has 0 spiro atoms. The molecule has 1 amide bonds. The number of imidazole rings is 1. The van der Waals surface area contributed by atoms with E-state index in [9.17, 15) is 4.79 Å². The van der Waals surface area contributed by atoms with E-state index in [-0.39, 0.29) is 24.2 Å². The molecule has 0 radical (unpaired) electrons. The quantitative estimate of drug-likeness (QED) is 0.840. The molecule has 0 saturated carbocycles. The maximum Gasteiger partial charge on any atom is 0.273 e. The molecule has 0 unspecified atom stereocenters. The van der Waals surface area contributed by atoms with Crippen LogP contribution < -0.4 is 16.0 Å². The molecule has 3 rings (SSSR count). The highest BCUT2D eigenvalue weighted by molar-refractivity contribution is 5.92. The van der Waals surface area contributed by atoms with E-state index in [1.807, 2.05) is 17.8 Å². The number of rotatable bonds is 4. The van der Waals surface area contributed by atoms with Crippen LogP contribution in [0.2, 0.25) is 0 Å². The van der Waals surface area contributed by atoms with E-state index < -0.39 is 0 Å². The standard InChI is InChI=1S/C14H20N6O2/c1-19-7-4-16-14(19)20-5-2-10(3-6-20)17-13(21)12-8-11(9-15)22-18-12/h4,7-8,10H,2-3,5-6,9,15H2,1H3,(H,17,21). The average Bonchev–Trinajstić information content (AvgIpc) is 3.17. The molecule has 0 aromatic carbocycles. The van der Waals surface area contributed by atoms with Crippen LogP contribution in [0.5, 0.6) is 0 Å². The summed E-state index contributed by atoms with van der Waals surface area (Å²) in [7, 11) is 1.98. The second-order valence-corrected chi connectivity index (χ2v) is 5.46. The van der Waals surface area contributed by atoms with Gasteiger partial charge in [0.05, 0.1) is 6.54 Å². The largest absolute Gasteiger partial charge is 0.359 e. The van der Waals surface area contributed by atoms with Crippen molar-refractivity contribution in [2.24, 2.45) is 12.8 Å². The Kier molecular flexibility index (Phi) is 4.10. The predicted octanol–water partition coefficient (Wildman–Crippen LogP) is 0.266. The van der Waals surface area contributed by atoms with Crippen molar-refractivity contribution in [1.29, 1.82) is 0 Å². The maximum atomic E-state index is 12.1. The Bertz CT molecular complexity index is 641. The van der Waals surface area contributed by atoms with E-state index in [2.05, 4.69) is 20.4 Å². The molecule has 1 aliphatic heterocycles. The summed E-state index contributed by atoms with van der Waals surface area (Å²) in [6, 6.07) is 1.72. The summed E-state index contributed by atoms with van der Waals surface area (Å²) >= 11 is 0. The fraction of sp³-hybridized carbons (Fsp3) is 0.500. The van der Waals surface area contributed by atoms with Gasteiger partial charge >= 0.3 is 0 Å². The number of nitrogens with one attached hydrogen (secondary N) is 1. The minimum absolute atomic E-state index is 0.141. The van der Waals surface area contributed by atoms with Gasteiger partial charge in [0.25, 0.3) is 5.91 Å². The molecule has 2 aromatic heterocycles. The number of anilines is 1. The van der Waals surface area contributed by atoms with Crippen molar-refractivity contribution < 1.29 is 9.32 Å². The number of carbonyl (C=O) groups is 1. The average molecular weight is 304 g/mol. The fourth-order valence-corrected chi connectivity index (χ4v) is 2.66. The van der Waals surface area contributed by atoms with Crippen molar-refractivity contribution in [2.45, 2.75) is 25.4 Å². The zero-order valence-electron chi connectivity index (χ0n) is 12.5. The number of piperidine rings is 1. The van der Waals surface area contributed by atoms with Gasteiger partial charge in [0.15, 0.2) is 11.5 Å². The maximum absolute atomic E-state index is 12.1. The lowest BCUT2D eigenvalue weighted by Crippen LogP contribution is -2.45. The van der Waals surface area contributed by atoms with Gasteiger partial charge < -0.3 is 25.0 Å². The lowest BCUT2D eigenvalue weighted by molar-refractivity contribution is 0.0921. The van der Waals surface area contributed by atoms with Crippen LogP contribution in [0.25, 0.3) is 0 Å². The first-order chi connectivity index (χ1) is 10.7. The topological polar surface area (TPSA) is 102 Å². The summed E-state index contributed by atoms with van der Waals surface area (Å²) in [4.78, 5) is 18.7. The molecular weight excluding hydrogens is 284 g/mol. The lowest BCUT2D eigenvalue weighted by Gasteiger charge is -2.32. The molecule has 8 heteroatoms. The van der Waals surface area contributed by atoms with Crippen molar-refractivity contribution in [3.05, 3.63) is 29.9 Å². The van der Waals surface area contributed by atoms with E-state index in [1.165, 1.54) is 0 Å². The minimum atomic E-state index is -0.209. The van der Waals surface area contributed by atoms with Crippen LogP contribution in [-0.4, -0.2) is 39.7 Å². The van der Waals surface area contributed by atoms with Crippen LogP contribution >= 0.6 is 0 Å². The number of nitrogens with two attached hydrogens (primary N) is 1. The van der Waals surface area contributed by atoms with Gasteiger partial charge in [-0.1, -0.05) is 5.16 Å². The number of hydrogen-bond acceptors (Lipinski definition) is 6. The molecule has 1 aliphatic rings. The van der Waals surface area contributed by atoms with Crippen LogP contribution in [0.3, 0.4) is 0 Å². The summed E-state index contributed by atoms with van der Waals surface area (Å²) in [5, 5.41) is 6.73. The third kappa shape index (κ3) is 2.96. The van der Waals surface area contributed by atoms with Crippen molar-refractivity contribution in [1.82, 2.24) is 20.0 Å². The van der Waals surface area contributed by atoms with Gasteiger partial charge in [-0.25, -0.2) is 4.98 Å². The second kappa shape index (κ2) is 6.18. The van der Waals surface area contributed by atoms with Gasteiger partial charge in [-0.3, -0.25) is 4.79 Å². The molecule has 22 heavy (non-hydrogen) atoms. The number of amides is 1. The lowest BCUT2D eigenvalue weighted by atomic mass is 10.1. The molecule has 0 aliphatic carbocycles. The number of aryl methyl sites for hydroxylation is 1. The Labute approximate surface area is 128 Å². The van der Waals surface area contributed by atoms with E-state index >= 15 is 0 Å². The number of aromatic nitrogens is 3. The first-order valence-corrected chi connectivity index (χ1v) is 7.36. The van der Waals surface area contributed by atoms with E-state index in [0.717, 1.165) is 31.9 Å².